The molecule has 20 heavy (non-hydrogen) atoms. The highest BCUT2D eigenvalue weighted by atomic mass is 16.4. The normalized spacial score (nSPS) is 23.6. The monoisotopic (exact) mass is 275 g/mol. The van der Waals surface area contributed by atoms with Crippen LogP contribution < -0.4 is 5.32 Å². The van der Waals surface area contributed by atoms with Gasteiger partial charge in [-0.25, -0.2) is 0 Å². The lowest BCUT2D eigenvalue weighted by molar-refractivity contribution is -0.142. The molecule has 0 radical (unpaired) electrons. The van der Waals surface area contributed by atoms with Crippen molar-refractivity contribution in [1.29, 1.82) is 0 Å². The first-order chi connectivity index (χ1) is 9.72. The number of rotatable bonds is 7. The van der Waals surface area contributed by atoms with Gasteiger partial charge in [0.15, 0.2) is 0 Å². The van der Waals surface area contributed by atoms with Gasteiger partial charge in [0.2, 0.25) is 0 Å². The molecule has 1 fully saturated rings. The van der Waals surface area contributed by atoms with E-state index < -0.39 is 5.97 Å². The predicted molar refractivity (Wildman–Crippen MR) is 80.6 cm³/mol. The highest BCUT2D eigenvalue weighted by Crippen LogP contribution is 2.32. The number of carbonyl (C=O) groups is 1. The fourth-order valence-corrected chi connectivity index (χ4v) is 3.26. The second kappa shape index (κ2) is 7.44. The second-order valence-electron chi connectivity index (χ2n) is 5.80. The van der Waals surface area contributed by atoms with E-state index >= 15 is 0 Å². The first-order valence-electron chi connectivity index (χ1n) is 7.73. The molecule has 1 aromatic rings. The number of hydrogen-bond acceptors (Lipinski definition) is 2. The van der Waals surface area contributed by atoms with Gasteiger partial charge in [-0.3, -0.25) is 4.79 Å². The Morgan fingerprint density at radius 2 is 2.10 bits per heavy atom. The second-order valence-corrected chi connectivity index (χ2v) is 5.80. The molecule has 0 heterocycles. The van der Waals surface area contributed by atoms with Crippen molar-refractivity contribution >= 4 is 5.97 Å². The summed E-state index contributed by atoms with van der Waals surface area (Å²) in [4.78, 5) is 11.2. The third-order valence-electron chi connectivity index (χ3n) is 4.38. The van der Waals surface area contributed by atoms with Gasteiger partial charge in [-0.2, -0.15) is 0 Å². The summed E-state index contributed by atoms with van der Waals surface area (Å²) in [6, 6.07) is 10.8. The SMILES string of the molecule is CCCC(NCC1CCCC1C(=O)O)c1ccccc1. The van der Waals surface area contributed by atoms with Crippen LogP contribution in [0.4, 0.5) is 0 Å². The maximum Gasteiger partial charge on any atom is 0.306 e. The first kappa shape index (κ1) is 15.0. The maximum atomic E-state index is 11.2. The molecule has 3 unspecified atom stereocenters. The van der Waals surface area contributed by atoms with Gasteiger partial charge in [-0.05, 0) is 37.3 Å². The van der Waals surface area contributed by atoms with E-state index in [1.165, 1.54) is 5.56 Å². The molecular weight excluding hydrogens is 250 g/mol. The van der Waals surface area contributed by atoms with E-state index in [0.717, 1.165) is 38.6 Å². The van der Waals surface area contributed by atoms with Crippen molar-refractivity contribution in [2.75, 3.05) is 6.54 Å². The molecule has 1 aliphatic carbocycles. The van der Waals surface area contributed by atoms with E-state index in [1.807, 2.05) is 6.07 Å². The fourth-order valence-electron chi connectivity index (χ4n) is 3.26. The molecular formula is C17H25NO2. The molecule has 1 aromatic carbocycles. The lowest BCUT2D eigenvalue weighted by atomic mass is 9.95. The Hall–Kier alpha value is -1.35. The molecule has 0 bridgehead atoms. The van der Waals surface area contributed by atoms with Crippen LogP contribution in [0.15, 0.2) is 30.3 Å². The van der Waals surface area contributed by atoms with Gasteiger partial charge < -0.3 is 10.4 Å². The molecule has 3 heteroatoms. The number of benzene rings is 1. The van der Waals surface area contributed by atoms with Crippen LogP contribution in [0.2, 0.25) is 0 Å². The van der Waals surface area contributed by atoms with Crippen molar-refractivity contribution in [3.8, 4) is 0 Å². The number of nitrogens with one attached hydrogen (secondary N) is 1. The third-order valence-corrected chi connectivity index (χ3v) is 4.38. The summed E-state index contributed by atoms with van der Waals surface area (Å²) in [5.41, 5.74) is 1.30. The predicted octanol–water partition coefficient (Wildman–Crippen LogP) is 3.62. The van der Waals surface area contributed by atoms with Crippen molar-refractivity contribution in [2.24, 2.45) is 11.8 Å². The number of hydrogen-bond donors (Lipinski definition) is 2. The Morgan fingerprint density at radius 1 is 1.35 bits per heavy atom. The van der Waals surface area contributed by atoms with Crippen LogP contribution in [0, 0.1) is 11.8 Å². The average Bonchev–Trinajstić information content (AvgIpc) is 2.93. The Balaban J connectivity index is 1.94. The molecule has 2 rings (SSSR count). The van der Waals surface area contributed by atoms with Gasteiger partial charge in [0.1, 0.15) is 0 Å². The van der Waals surface area contributed by atoms with Gasteiger partial charge in [0, 0.05) is 6.04 Å². The zero-order chi connectivity index (χ0) is 14.4. The van der Waals surface area contributed by atoms with Crippen molar-refractivity contribution in [1.82, 2.24) is 5.32 Å². The Morgan fingerprint density at radius 3 is 2.75 bits per heavy atom. The van der Waals surface area contributed by atoms with Crippen LogP contribution in [0.5, 0.6) is 0 Å². The zero-order valence-electron chi connectivity index (χ0n) is 12.2. The van der Waals surface area contributed by atoms with E-state index in [-0.39, 0.29) is 11.8 Å². The van der Waals surface area contributed by atoms with E-state index in [1.54, 1.807) is 0 Å². The lowest BCUT2D eigenvalue weighted by Gasteiger charge is -2.23. The molecule has 0 spiro atoms. The van der Waals surface area contributed by atoms with Crippen molar-refractivity contribution < 1.29 is 9.90 Å². The van der Waals surface area contributed by atoms with Crippen LogP contribution >= 0.6 is 0 Å². The minimum Gasteiger partial charge on any atom is -0.481 e. The summed E-state index contributed by atoms with van der Waals surface area (Å²) in [5, 5.41) is 12.8. The first-order valence-corrected chi connectivity index (χ1v) is 7.73. The third kappa shape index (κ3) is 3.83. The number of aliphatic carboxylic acids is 1. The average molecular weight is 275 g/mol. The van der Waals surface area contributed by atoms with Gasteiger partial charge in [0.05, 0.1) is 5.92 Å². The summed E-state index contributed by atoms with van der Waals surface area (Å²) in [6.45, 7) is 3.00. The molecule has 110 valence electrons. The summed E-state index contributed by atoms with van der Waals surface area (Å²) >= 11 is 0. The highest BCUT2D eigenvalue weighted by molar-refractivity contribution is 5.70. The molecule has 1 saturated carbocycles. The molecule has 0 saturated heterocycles. The maximum absolute atomic E-state index is 11.2. The Kier molecular flexibility index (Phi) is 5.60. The number of carboxylic acids is 1. The van der Waals surface area contributed by atoms with Crippen LogP contribution in [0.1, 0.15) is 50.6 Å². The topological polar surface area (TPSA) is 49.3 Å². The lowest BCUT2D eigenvalue weighted by Crippen LogP contribution is -2.31. The molecule has 3 atom stereocenters. The fraction of sp³-hybridized carbons (Fsp3) is 0.588. The summed E-state index contributed by atoms with van der Waals surface area (Å²) in [5.74, 6) is -0.489. The van der Waals surface area contributed by atoms with E-state index in [0.29, 0.717) is 6.04 Å². The van der Waals surface area contributed by atoms with Crippen LogP contribution in [0.3, 0.4) is 0 Å². The largest absolute Gasteiger partial charge is 0.481 e. The van der Waals surface area contributed by atoms with E-state index in [2.05, 4.69) is 36.5 Å². The van der Waals surface area contributed by atoms with Crippen LogP contribution in [-0.2, 0) is 4.79 Å². The van der Waals surface area contributed by atoms with Crippen molar-refractivity contribution in [3.63, 3.8) is 0 Å². The molecule has 0 aromatic heterocycles. The van der Waals surface area contributed by atoms with E-state index in [9.17, 15) is 9.90 Å². The summed E-state index contributed by atoms with van der Waals surface area (Å²) in [6.07, 6.45) is 5.14. The Bertz CT molecular complexity index is 418. The molecule has 3 nitrogen and oxygen atoms in total. The molecule has 0 aliphatic heterocycles. The van der Waals surface area contributed by atoms with Gasteiger partial charge in [-0.15, -0.1) is 0 Å². The summed E-state index contributed by atoms with van der Waals surface area (Å²) in [7, 11) is 0. The number of carboxylic acid groups (broad SMARTS) is 1. The molecule has 1 aliphatic rings. The van der Waals surface area contributed by atoms with E-state index in [4.69, 9.17) is 0 Å². The van der Waals surface area contributed by atoms with Crippen molar-refractivity contribution in [2.45, 2.75) is 45.1 Å². The highest BCUT2D eigenvalue weighted by Gasteiger charge is 2.32. The minimum absolute atomic E-state index is 0.152. The molecule has 2 N–H and O–H groups in total. The quantitative estimate of drug-likeness (QED) is 0.799. The van der Waals surface area contributed by atoms with Crippen LogP contribution in [0.25, 0.3) is 0 Å². The smallest absolute Gasteiger partial charge is 0.306 e. The standard InChI is InChI=1S/C17H25NO2/c1-2-7-16(13-8-4-3-5-9-13)18-12-14-10-6-11-15(14)17(19)20/h3-5,8-9,14-16,18H,2,6-7,10-12H2,1H3,(H,19,20). The van der Waals surface area contributed by atoms with Gasteiger partial charge in [-0.1, -0.05) is 50.1 Å². The molecule has 0 amide bonds. The van der Waals surface area contributed by atoms with Gasteiger partial charge >= 0.3 is 5.97 Å². The zero-order valence-corrected chi connectivity index (χ0v) is 12.2. The minimum atomic E-state index is -0.624. The van der Waals surface area contributed by atoms with Gasteiger partial charge in [0.25, 0.3) is 0 Å². The summed E-state index contributed by atoms with van der Waals surface area (Å²) < 4.78 is 0. The van der Waals surface area contributed by atoms with Crippen LogP contribution in [-0.4, -0.2) is 17.6 Å². The van der Waals surface area contributed by atoms with Crippen molar-refractivity contribution in [3.05, 3.63) is 35.9 Å². The Labute approximate surface area is 121 Å².